The van der Waals surface area contributed by atoms with Crippen molar-refractivity contribution >= 4 is 16.6 Å². The second kappa shape index (κ2) is 5.04. The van der Waals surface area contributed by atoms with Crippen molar-refractivity contribution in [2.45, 2.75) is 39.5 Å². The molecule has 1 heteroatoms. The highest BCUT2D eigenvalue weighted by Crippen LogP contribution is 2.41. The van der Waals surface area contributed by atoms with E-state index in [9.17, 15) is 4.79 Å². The number of aryl methyl sites for hydroxylation is 1. The molecule has 3 aromatic carbocycles. The van der Waals surface area contributed by atoms with Gasteiger partial charge in [0.1, 0.15) is 0 Å². The van der Waals surface area contributed by atoms with Crippen LogP contribution in [0.4, 0.5) is 0 Å². The molecule has 0 N–H and O–H groups in total. The fourth-order valence-electron chi connectivity index (χ4n) is 3.77. The number of ketones is 1. The van der Waals surface area contributed by atoms with E-state index >= 15 is 0 Å². The number of carbonyl (C=O) groups is 1. The summed E-state index contributed by atoms with van der Waals surface area (Å²) in [6.45, 7) is 8.72. The Morgan fingerprint density at radius 3 is 2.29 bits per heavy atom. The summed E-state index contributed by atoms with van der Waals surface area (Å²) in [5, 5.41) is 2.34. The minimum Gasteiger partial charge on any atom is -0.289 e. The van der Waals surface area contributed by atoms with E-state index in [2.05, 4.69) is 70.2 Å². The van der Waals surface area contributed by atoms with E-state index in [-0.39, 0.29) is 11.2 Å². The molecule has 4 rings (SSSR count). The predicted molar refractivity (Wildman–Crippen MR) is 101 cm³/mol. The molecule has 0 spiro atoms. The minimum absolute atomic E-state index is 0.0354. The first-order valence-corrected chi connectivity index (χ1v) is 8.66. The lowest BCUT2D eigenvalue weighted by Gasteiger charge is -2.25. The molecule has 1 aliphatic rings. The Bertz CT molecular complexity index is 987. The van der Waals surface area contributed by atoms with Gasteiger partial charge in [-0.1, -0.05) is 70.2 Å². The highest BCUT2D eigenvalue weighted by molar-refractivity contribution is 6.26. The normalized spacial score (nSPS) is 13.2. The summed E-state index contributed by atoms with van der Waals surface area (Å²) in [5.74, 6) is 0.155. The SMILES string of the molecule is CCc1ccc2c3c(cccc13)-c1ccc(C(C)(C)C)cc1C2=O. The number of carbonyl (C=O) groups excluding carboxylic acids is 1. The molecule has 3 aromatic rings. The van der Waals surface area contributed by atoms with Crippen LogP contribution in [0.15, 0.2) is 48.5 Å². The molecule has 0 atom stereocenters. The predicted octanol–water partition coefficient (Wildman–Crippen LogP) is 5.91. The number of hydrogen-bond donors (Lipinski definition) is 0. The second-order valence-electron chi connectivity index (χ2n) is 7.69. The minimum atomic E-state index is 0.0354. The molecule has 0 saturated carbocycles. The summed E-state index contributed by atoms with van der Waals surface area (Å²) in [5.41, 5.74) is 6.48. The van der Waals surface area contributed by atoms with Gasteiger partial charge in [-0.25, -0.2) is 0 Å². The summed E-state index contributed by atoms with van der Waals surface area (Å²) in [6, 6.07) is 16.9. The molecular weight excluding hydrogens is 292 g/mol. The Morgan fingerprint density at radius 2 is 1.58 bits per heavy atom. The number of rotatable bonds is 1. The molecule has 1 aliphatic carbocycles. The van der Waals surface area contributed by atoms with Crippen molar-refractivity contribution in [3.63, 3.8) is 0 Å². The van der Waals surface area contributed by atoms with Crippen LogP contribution < -0.4 is 0 Å². The summed E-state index contributed by atoms with van der Waals surface area (Å²) >= 11 is 0. The van der Waals surface area contributed by atoms with Gasteiger partial charge in [0.2, 0.25) is 0 Å². The van der Waals surface area contributed by atoms with E-state index in [1.807, 2.05) is 6.07 Å². The van der Waals surface area contributed by atoms with Crippen LogP contribution in [0.25, 0.3) is 21.9 Å². The monoisotopic (exact) mass is 314 g/mol. The molecule has 1 nitrogen and oxygen atoms in total. The van der Waals surface area contributed by atoms with Crippen LogP contribution in [-0.4, -0.2) is 5.78 Å². The van der Waals surface area contributed by atoms with Crippen LogP contribution in [0, 0.1) is 0 Å². The van der Waals surface area contributed by atoms with Gasteiger partial charge in [-0.05, 0) is 45.5 Å². The Balaban J connectivity index is 2.09. The largest absolute Gasteiger partial charge is 0.289 e. The summed E-state index contributed by atoms with van der Waals surface area (Å²) in [4.78, 5) is 13.2. The molecule has 24 heavy (non-hydrogen) atoms. The smallest absolute Gasteiger partial charge is 0.194 e. The first-order valence-electron chi connectivity index (χ1n) is 8.66. The average Bonchev–Trinajstić information content (AvgIpc) is 2.57. The molecule has 0 aliphatic heterocycles. The van der Waals surface area contributed by atoms with Crippen molar-refractivity contribution in [2.75, 3.05) is 0 Å². The standard InChI is InChI=1S/C23H22O/c1-5-14-9-11-19-21-16(14)7-6-8-18(21)17-12-10-15(23(2,3)4)13-20(17)22(19)24/h6-13H,5H2,1-4H3. The molecular formula is C23H22O. The molecule has 0 amide bonds. The van der Waals surface area contributed by atoms with E-state index in [0.717, 1.165) is 28.5 Å². The Labute approximate surface area is 143 Å². The molecule has 120 valence electrons. The van der Waals surface area contributed by atoms with Gasteiger partial charge in [0.25, 0.3) is 0 Å². The van der Waals surface area contributed by atoms with Crippen LogP contribution >= 0.6 is 0 Å². The summed E-state index contributed by atoms with van der Waals surface area (Å²) in [7, 11) is 0. The van der Waals surface area contributed by atoms with Gasteiger partial charge in [0, 0.05) is 16.5 Å². The fourth-order valence-corrected chi connectivity index (χ4v) is 3.77. The number of benzene rings is 3. The van der Waals surface area contributed by atoms with Crippen LogP contribution in [0.5, 0.6) is 0 Å². The molecule has 0 bridgehead atoms. The first kappa shape index (κ1) is 15.1. The van der Waals surface area contributed by atoms with Crippen LogP contribution in [0.3, 0.4) is 0 Å². The Morgan fingerprint density at radius 1 is 0.833 bits per heavy atom. The van der Waals surface area contributed by atoms with Crippen LogP contribution in [0.1, 0.15) is 54.7 Å². The fraction of sp³-hybridized carbons (Fsp3) is 0.261. The molecule has 0 heterocycles. The maximum Gasteiger partial charge on any atom is 0.194 e. The highest BCUT2D eigenvalue weighted by Gasteiger charge is 2.27. The zero-order valence-corrected chi connectivity index (χ0v) is 14.7. The van der Waals surface area contributed by atoms with Gasteiger partial charge < -0.3 is 0 Å². The van der Waals surface area contributed by atoms with E-state index < -0.39 is 0 Å². The topological polar surface area (TPSA) is 17.1 Å². The summed E-state index contributed by atoms with van der Waals surface area (Å²) < 4.78 is 0. The van der Waals surface area contributed by atoms with Gasteiger partial charge in [0.05, 0.1) is 0 Å². The third-order valence-electron chi connectivity index (χ3n) is 5.18. The first-order chi connectivity index (χ1) is 11.4. The van der Waals surface area contributed by atoms with Crippen LogP contribution in [-0.2, 0) is 11.8 Å². The van der Waals surface area contributed by atoms with Crippen molar-refractivity contribution < 1.29 is 4.79 Å². The van der Waals surface area contributed by atoms with Crippen molar-refractivity contribution in [2.24, 2.45) is 0 Å². The van der Waals surface area contributed by atoms with Crippen LogP contribution in [0.2, 0.25) is 0 Å². The zero-order chi connectivity index (χ0) is 17.1. The van der Waals surface area contributed by atoms with Gasteiger partial charge in [-0.3, -0.25) is 4.79 Å². The maximum atomic E-state index is 13.2. The molecule has 0 aromatic heterocycles. The van der Waals surface area contributed by atoms with E-state index in [1.165, 1.54) is 22.1 Å². The van der Waals surface area contributed by atoms with Gasteiger partial charge in [-0.15, -0.1) is 0 Å². The average molecular weight is 314 g/mol. The number of hydrogen-bond acceptors (Lipinski definition) is 1. The zero-order valence-electron chi connectivity index (χ0n) is 14.7. The third kappa shape index (κ3) is 2.04. The van der Waals surface area contributed by atoms with Gasteiger partial charge >= 0.3 is 0 Å². The van der Waals surface area contributed by atoms with E-state index in [4.69, 9.17) is 0 Å². The van der Waals surface area contributed by atoms with Gasteiger partial charge in [-0.2, -0.15) is 0 Å². The quantitative estimate of drug-likeness (QED) is 0.427. The number of fused-ring (bicyclic) bond motifs is 2. The molecule has 0 radical (unpaired) electrons. The lowest BCUT2D eigenvalue weighted by Crippen LogP contribution is -2.15. The lowest BCUT2D eigenvalue weighted by atomic mass is 9.78. The Hall–Kier alpha value is -2.41. The maximum absolute atomic E-state index is 13.2. The van der Waals surface area contributed by atoms with E-state index in [1.54, 1.807) is 0 Å². The molecule has 0 unspecified atom stereocenters. The highest BCUT2D eigenvalue weighted by atomic mass is 16.1. The van der Waals surface area contributed by atoms with Crippen molar-refractivity contribution in [1.29, 1.82) is 0 Å². The lowest BCUT2D eigenvalue weighted by molar-refractivity contribution is 0.104. The Kier molecular flexibility index (Phi) is 3.18. The van der Waals surface area contributed by atoms with E-state index in [0.29, 0.717) is 0 Å². The van der Waals surface area contributed by atoms with Crippen molar-refractivity contribution in [3.8, 4) is 11.1 Å². The third-order valence-corrected chi connectivity index (χ3v) is 5.18. The molecule has 0 fully saturated rings. The second-order valence-corrected chi connectivity index (χ2v) is 7.69. The summed E-state index contributed by atoms with van der Waals surface area (Å²) in [6.07, 6.45) is 0.976. The van der Waals surface area contributed by atoms with Gasteiger partial charge in [0.15, 0.2) is 5.78 Å². The molecule has 0 saturated heterocycles. The van der Waals surface area contributed by atoms with Crippen molar-refractivity contribution in [1.82, 2.24) is 0 Å². The van der Waals surface area contributed by atoms with Crippen molar-refractivity contribution in [3.05, 3.63) is 70.8 Å².